The zero-order valence-electron chi connectivity index (χ0n) is 6.58. The van der Waals surface area contributed by atoms with Gasteiger partial charge in [0.1, 0.15) is 0 Å². The molecule has 0 aliphatic rings. The molecule has 1 aromatic rings. The van der Waals surface area contributed by atoms with Crippen LogP contribution in [0.1, 0.15) is 10.4 Å². The highest BCUT2D eigenvalue weighted by Crippen LogP contribution is 2.14. The summed E-state index contributed by atoms with van der Waals surface area (Å²) in [6, 6.07) is 6.49. The van der Waals surface area contributed by atoms with E-state index in [1.807, 2.05) is 0 Å². The number of hydrogen-bond acceptors (Lipinski definition) is 2. The van der Waals surface area contributed by atoms with Gasteiger partial charge in [-0.2, -0.15) is 0 Å². The number of ketones is 1. The summed E-state index contributed by atoms with van der Waals surface area (Å²) in [5.74, 6) is -1.04. The normalized spacial score (nSPS) is 8.69. The highest BCUT2D eigenvalue weighted by Gasteiger charge is 2.11. The van der Waals surface area contributed by atoms with Crippen molar-refractivity contribution in [3.63, 3.8) is 0 Å². The summed E-state index contributed by atoms with van der Waals surface area (Å²) in [6.45, 7) is 0. The van der Waals surface area contributed by atoms with Crippen LogP contribution in [0.15, 0.2) is 24.3 Å². The fourth-order valence-electron chi connectivity index (χ4n) is 0.790. The minimum absolute atomic E-state index is 0. The van der Waals surface area contributed by atoms with Gasteiger partial charge < -0.3 is 5.73 Å². The molecule has 3 nitrogen and oxygen atoms in total. The average molecular weight is 219 g/mol. The molecule has 0 radical (unpaired) electrons. The van der Waals surface area contributed by atoms with Crippen molar-refractivity contribution in [1.82, 2.24) is 0 Å². The first kappa shape index (κ1) is 11.9. The first-order valence-corrected chi connectivity index (χ1v) is 3.64. The van der Waals surface area contributed by atoms with Crippen molar-refractivity contribution in [2.24, 2.45) is 5.73 Å². The summed E-state index contributed by atoms with van der Waals surface area (Å²) < 4.78 is 0. The Morgan fingerprint density at radius 1 is 1.38 bits per heavy atom. The Kier molecular flexibility index (Phi) is 4.45. The summed E-state index contributed by atoms with van der Waals surface area (Å²) in [4.78, 5) is 11.1. The Hall–Kier alpha value is -1.06. The smallest absolute Gasteiger partial charge is 0.228 e. The van der Waals surface area contributed by atoms with E-state index < -0.39 is 11.6 Å². The fraction of sp³-hybridized carbons (Fsp3) is 0. The van der Waals surface area contributed by atoms with Crippen molar-refractivity contribution in [3.05, 3.63) is 34.9 Å². The molecular formula is C8H8Cl2N2O. The fourth-order valence-corrected chi connectivity index (χ4v) is 1.01. The molecule has 0 heterocycles. The van der Waals surface area contributed by atoms with E-state index in [4.69, 9.17) is 22.7 Å². The number of carbonyl (C=O) groups excluding carboxylic acids is 1. The molecule has 13 heavy (non-hydrogen) atoms. The summed E-state index contributed by atoms with van der Waals surface area (Å²) in [7, 11) is 0. The van der Waals surface area contributed by atoms with Crippen LogP contribution in [-0.2, 0) is 0 Å². The zero-order chi connectivity index (χ0) is 9.14. The molecule has 70 valence electrons. The van der Waals surface area contributed by atoms with E-state index in [0.29, 0.717) is 5.02 Å². The predicted octanol–water partition coefficient (Wildman–Crippen LogP) is 1.88. The van der Waals surface area contributed by atoms with E-state index in [9.17, 15) is 4.79 Å². The van der Waals surface area contributed by atoms with Crippen molar-refractivity contribution in [1.29, 1.82) is 5.41 Å². The summed E-state index contributed by atoms with van der Waals surface area (Å²) in [6.07, 6.45) is 0. The molecule has 5 heteroatoms. The molecule has 0 fully saturated rings. The lowest BCUT2D eigenvalue weighted by atomic mass is 10.1. The number of nitrogens with one attached hydrogen (secondary N) is 1. The Morgan fingerprint density at radius 3 is 2.38 bits per heavy atom. The van der Waals surface area contributed by atoms with Crippen LogP contribution < -0.4 is 5.73 Å². The number of Topliss-reactive ketones (excluding diaryl/α,β-unsaturated/α-hetero) is 1. The van der Waals surface area contributed by atoms with Crippen LogP contribution in [0.4, 0.5) is 0 Å². The maximum Gasteiger partial charge on any atom is 0.228 e. The third-order valence-corrected chi connectivity index (χ3v) is 1.69. The molecule has 1 rings (SSSR count). The Balaban J connectivity index is 0.00000144. The lowest BCUT2D eigenvalue weighted by molar-refractivity contribution is 0.106. The number of hydrogen-bond donors (Lipinski definition) is 2. The quantitative estimate of drug-likeness (QED) is 0.453. The molecule has 0 bridgehead atoms. The van der Waals surface area contributed by atoms with Crippen molar-refractivity contribution >= 4 is 35.6 Å². The number of rotatable bonds is 2. The van der Waals surface area contributed by atoms with Crippen LogP contribution in [0.5, 0.6) is 0 Å². The molecule has 0 atom stereocenters. The molecule has 0 aliphatic heterocycles. The lowest BCUT2D eigenvalue weighted by Crippen LogP contribution is -2.22. The second kappa shape index (κ2) is 4.84. The van der Waals surface area contributed by atoms with Crippen LogP contribution in [-0.4, -0.2) is 11.6 Å². The number of halogens is 2. The van der Waals surface area contributed by atoms with Gasteiger partial charge in [0, 0.05) is 5.56 Å². The molecular weight excluding hydrogens is 211 g/mol. The van der Waals surface area contributed by atoms with Crippen molar-refractivity contribution in [3.8, 4) is 0 Å². The van der Waals surface area contributed by atoms with Gasteiger partial charge in [-0.05, 0) is 12.1 Å². The van der Waals surface area contributed by atoms with Gasteiger partial charge in [0.2, 0.25) is 5.78 Å². The van der Waals surface area contributed by atoms with Gasteiger partial charge in [0.15, 0.2) is 5.84 Å². The van der Waals surface area contributed by atoms with Gasteiger partial charge in [0.25, 0.3) is 0 Å². The van der Waals surface area contributed by atoms with Gasteiger partial charge in [-0.25, -0.2) is 0 Å². The maximum atomic E-state index is 11.1. The van der Waals surface area contributed by atoms with E-state index in [1.54, 1.807) is 18.2 Å². The highest BCUT2D eigenvalue weighted by molar-refractivity contribution is 6.47. The molecule has 1 aromatic carbocycles. The van der Waals surface area contributed by atoms with E-state index in [2.05, 4.69) is 0 Å². The minimum Gasteiger partial charge on any atom is -0.381 e. The summed E-state index contributed by atoms with van der Waals surface area (Å²) in [5, 5.41) is 7.22. The molecule has 3 N–H and O–H groups in total. The van der Waals surface area contributed by atoms with Gasteiger partial charge in [-0.3, -0.25) is 10.2 Å². The molecule has 0 amide bonds. The maximum absolute atomic E-state index is 11.1. The first-order chi connectivity index (χ1) is 5.63. The Bertz CT molecular complexity index is 339. The van der Waals surface area contributed by atoms with Crippen LogP contribution in [0.3, 0.4) is 0 Å². The zero-order valence-corrected chi connectivity index (χ0v) is 8.15. The molecule has 0 aromatic heterocycles. The SMILES string of the molecule is Cl.N=C(N)C(=O)c1ccccc1Cl. The van der Waals surface area contributed by atoms with Gasteiger partial charge >= 0.3 is 0 Å². The summed E-state index contributed by atoms with van der Waals surface area (Å²) >= 11 is 5.69. The van der Waals surface area contributed by atoms with Gasteiger partial charge in [-0.1, -0.05) is 23.7 Å². The van der Waals surface area contributed by atoms with E-state index >= 15 is 0 Å². The molecule has 0 unspecified atom stereocenters. The molecule has 0 spiro atoms. The van der Waals surface area contributed by atoms with Gasteiger partial charge in [0.05, 0.1) is 5.02 Å². The number of carbonyl (C=O) groups is 1. The number of nitrogens with two attached hydrogens (primary N) is 1. The standard InChI is InChI=1S/C8H7ClN2O.ClH/c9-6-4-2-1-3-5(6)7(12)8(10)11;/h1-4H,(H3,10,11);1H. The lowest BCUT2D eigenvalue weighted by Gasteiger charge is -1.99. The van der Waals surface area contributed by atoms with Crippen LogP contribution in [0.2, 0.25) is 5.02 Å². The minimum atomic E-state index is -0.541. The predicted molar refractivity (Wildman–Crippen MR) is 54.9 cm³/mol. The van der Waals surface area contributed by atoms with Crippen LogP contribution in [0.25, 0.3) is 0 Å². The Morgan fingerprint density at radius 2 is 1.92 bits per heavy atom. The molecule has 0 saturated carbocycles. The van der Waals surface area contributed by atoms with E-state index in [0.717, 1.165) is 0 Å². The third-order valence-electron chi connectivity index (χ3n) is 1.36. The van der Waals surface area contributed by atoms with Crippen molar-refractivity contribution in [2.75, 3.05) is 0 Å². The second-order valence-corrected chi connectivity index (χ2v) is 2.63. The largest absolute Gasteiger partial charge is 0.381 e. The average Bonchev–Trinajstić information content (AvgIpc) is 2.04. The topological polar surface area (TPSA) is 66.9 Å². The second-order valence-electron chi connectivity index (χ2n) is 2.22. The number of benzene rings is 1. The van der Waals surface area contributed by atoms with Crippen LogP contribution >= 0.6 is 24.0 Å². The molecule has 0 saturated heterocycles. The van der Waals surface area contributed by atoms with Crippen LogP contribution in [0, 0.1) is 5.41 Å². The highest BCUT2D eigenvalue weighted by atomic mass is 35.5. The number of amidine groups is 1. The van der Waals surface area contributed by atoms with Crippen molar-refractivity contribution < 1.29 is 4.79 Å². The third kappa shape index (κ3) is 2.72. The summed E-state index contributed by atoms with van der Waals surface area (Å²) in [5.41, 5.74) is 5.28. The Labute approximate surface area is 86.8 Å². The molecule has 0 aliphatic carbocycles. The first-order valence-electron chi connectivity index (χ1n) is 3.26. The van der Waals surface area contributed by atoms with E-state index in [-0.39, 0.29) is 18.0 Å². The van der Waals surface area contributed by atoms with Crippen molar-refractivity contribution in [2.45, 2.75) is 0 Å². The monoisotopic (exact) mass is 218 g/mol. The van der Waals surface area contributed by atoms with Gasteiger partial charge in [-0.15, -0.1) is 12.4 Å². The van der Waals surface area contributed by atoms with E-state index in [1.165, 1.54) is 6.07 Å².